The van der Waals surface area contributed by atoms with Crippen LogP contribution in [0.5, 0.6) is 0 Å². The number of carbonyl (C=O) groups excluding carboxylic acids is 1. The van der Waals surface area contributed by atoms with Crippen molar-refractivity contribution in [3.05, 3.63) is 62.8 Å². The van der Waals surface area contributed by atoms with Crippen LogP contribution < -0.4 is 0 Å². The van der Waals surface area contributed by atoms with Gasteiger partial charge in [-0.3, -0.25) is 9.69 Å². The summed E-state index contributed by atoms with van der Waals surface area (Å²) in [6, 6.07) is 7.42. The predicted octanol–water partition coefficient (Wildman–Crippen LogP) is 5.16. The zero-order valence-corrected chi connectivity index (χ0v) is 17.9. The summed E-state index contributed by atoms with van der Waals surface area (Å²) in [4.78, 5) is 22.1. The molecule has 0 N–H and O–H groups in total. The molecule has 1 fully saturated rings. The third kappa shape index (κ3) is 4.58. The van der Waals surface area contributed by atoms with Crippen molar-refractivity contribution >= 4 is 28.6 Å². The lowest BCUT2D eigenvalue weighted by molar-refractivity contribution is -0.137. The predicted molar refractivity (Wildman–Crippen MR) is 113 cm³/mol. The SMILES string of the molecule is Cc1nc(-c2ccsc2)sc1C(=O)N1CCN(Cc2cccc(C(F)(F)F)c2)CC1. The van der Waals surface area contributed by atoms with Crippen LogP contribution in [0, 0.1) is 6.92 Å². The fraction of sp³-hybridized carbons (Fsp3) is 0.333. The molecular weight excluding hydrogens is 431 g/mol. The molecule has 0 unspecified atom stereocenters. The molecular formula is C21H20F3N3OS2. The summed E-state index contributed by atoms with van der Waals surface area (Å²) < 4.78 is 38.7. The van der Waals surface area contributed by atoms with E-state index in [4.69, 9.17) is 0 Å². The normalized spacial score (nSPS) is 15.5. The van der Waals surface area contributed by atoms with Crippen molar-refractivity contribution in [3.63, 3.8) is 0 Å². The summed E-state index contributed by atoms with van der Waals surface area (Å²) in [7, 11) is 0. The smallest absolute Gasteiger partial charge is 0.335 e. The summed E-state index contributed by atoms with van der Waals surface area (Å²) >= 11 is 3.00. The highest BCUT2D eigenvalue weighted by atomic mass is 32.1. The van der Waals surface area contributed by atoms with E-state index in [1.165, 1.54) is 23.5 Å². The minimum absolute atomic E-state index is 0.0230. The van der Waals surface area contributed by atoms with Gasteiger partial charge >= 0.3 is 6.18 Å². The Morgan fingerprint density at radius 1 is 1.17 bits per heavy atom. The summed E-state index contributed by atoms with van der Waals surface area (Å²) in [5.41, 5.74) is 1.76. The molecule has 1 aliphatic heterocycles. The fourth-order valence-electron chi connectivity index (χ4n) is 3.46. The zero-order valence-electron chi connectivity index (χ0n) is 16.3. The van der Waals surface area contributed by atoms with Crippen molar-refractivity contribution in [1.29, 1.82) is 0 Å². The van der Waals surface area contributed by atoms with Crippen LogP contribution in [0.1, 0.15) is 26.5 Å². The molecule has 0 saturated carbocycles. The second-order valence-corrected chi connectivity index (χ2v) is 8.99. The van der Waals surface area contributed by atoms with E-state index in [0.29, 0.717) is 43.2 Å². The summed E-state index contributed by atoms with van der Waals surface area (Å²) in [6.07, 6.45) is -4.34. The zero-order chi connectivity index (χ0) is 21.3. The number of hydrogen-bond acceptors (Lipinski definition) is 5. The van der Waals surface area contributed by atoms with Gasteiger partial charge in [0.1, 0.15) is 9.88 Å². The molecule has 30 heavy (non-hydrogen) atoms. The monoisotopic (exact) mass is 451 g/mol. The molecule has 1 aliphatic rings. The summed E-state index contributed by atoms with van der Waals surface area (Å²) in [5, 5.41) is 4.84. The highest BCUT2D eigenvalue weighted by Gasteiger charge is 2.31. The number of nitrogens with zero attached hydrogens (tertiary/aromatic N) is 3. The number of amides is 1. The van der Waals surface area contributed by atoms with Crippen LogP contribution in [0.2, 0.25) is 0 Å². The first-order valence-electron chi connectivity index (χ1n) is 9.49. The van der Waals surface area contributed by atoms with Crippen molar-refractivity contribution in [2.45, 2.75) is 19.6 Å². The third-order valence-corrected chi connectivity index (χ3v) is 6.96. The van der Waals surface area contributed by atoms with E-state index in [1.807, 2.05) is 23.8 Å². The third-order valence-electron chi connectivity index (χ3n) is 5.08. The second-order valence-electron chi connectivity index (χ2n) is 7.21. The van der Waals surface area contributed by atoms with Crippen LogP contribution in [0.4, 0.5) is 13.2 Å². The molecule has 0 radical (unpaired) electrons. The molecule has 3 heterocycles. The Kier molecular flexibility index (Phi) is 5.95. The molecule has 3 aromatic rings. The lowest BCUT2D eigenvalue weighted by atomic mass is 10.1. The van der Waals surface area contributed by atoms with Crippen LogP contribution in [0.25, 0.3) is 10.6 Å². The van der Waals surface area contributed by atoms with Crippen molar-refractivity contribution < 1.29 is 18.0 Å². The van der Waals surface area contributed by atoms with E-state index in [1.54, 1.807) is 22.3 Å². The van der Waals surface area contributed by atoms with Crippen molar-refractivity contribution in [1.82, 2.24) is 14.8 Å². The topological polar surface area (TPSA) is 36.4 Å². The molecule has 1 aromatic carbocycles. The Hall–Kier alpha value is -2.23. The van der Waals surface area contributed by atoms with Gasteiger partial charge in [-0.15, -0.1) is 11.3 Å². The number of thiazole rings is 1. The number of halogens is 3. The van der Waals surface area contributed by atoms with Crippen molar-refractivity contribution in [2.24, 2.45) is 0 Å². The van der Waals surface area contributed by atoms with Crippen molar-refractivity contribution in [2.75, 3.05) is 26.2 Å². The quantitative estimate of drug-likeness (QED) is 0.550. The number of benzene rings is 1. The first kappa shape index (κ1) is 21.0. The number of rotatable bonds is 4. The Labute approximate surface area is 180 Å². The molecule has 1 saturated heterocycles. The van der Waals surface area contributed by atoms with Crippen LogP contribution in [0.3, 0.4) is 0 Å². The molecule has 0 bridgehead atoms. The maximum Gasteiger partial charge on any atom is 0.416 e. The molecule has 2 aromatic heterocycles. The van der Waals surface area contributed by atoms with E-state index in [0.717, 1.165) is 22.3 Å². The maximum absolute atomic E-state index is 13.0. The first-order valence-corrected chi connectivity index (χ1v) is 11.2. The number of hydrogen-bond donors (Lipinski definition) is 0. The number of aromatic nitrogens is 1. The molecule has 4 rings (SSSR count). The highest BCUT2D eigenvalue weighted by molar-refractivity contribution is 7.17. The van der Waals surface area contributed by atoms with E-state index >= 15 is 0 Å². The van der Waals surface area contributed by atoms with Gasteiger partial charge in [0, 0.05) is 43.7 Å². The number of alkyl halides is 3. The molecule has 4 nitrogen and oxygen atoms in total. The Balaban J connectivity index is 1.37. The minimum Gasteiger partial charge on any atom is -0.335 e. The standard InChI is InChI=1S/C21H20F3N3OS2/c1-14-18(30-19(25-14)16-5-10-29-13-16)20(28)27-8-6-26(7-9-27)12-15-3-2-4-17(11-15)21(22,23)24/h2-5,10-11,13H,6-9,12H2,1H3. The summed E-state index contributed by atoms with van der Waals surface area (Å²) in [5.74, 6) is -0.0230. The van der Waals surface area contributed by atoms with Crippen molar-refractivity contribution in [3.8, 4) is 10.6 Å². The Morgan fingerprint density at radius 2 is 1.93 bits per heavy atom. The van der Waals surface area contributed by atoms with Gasteiger partial charge in [-0.05, 0) is 30.0 Å². The maximum atomic E-state index is 13.0. The minimum atomic E-state index is -4.34. The fourth-order valence-corrected chi connectivity index (χ4v) is 5.21. The Morgan fingerprint density at radius 3 is 2.60 bits per heavy atom. The molecule has 0 spiro atoms. The first-order chi connectivity index (χ1) is 14.3. The molecule has 0 atom stereocenters. The van der Waals surface area contributed by atoms with Gasteiger partial charge in [0.15, 0.2) is 0 Å². The van der Waals surface area contributed by atoms with Gasteiger partial charge in [-0.2, -0.15) is 24.5 Å². The molecule has 1 amide bonds. The average Bonchev–Trinajstić information content (AvgIpc) is 3.37. The number of aryl methyl sites for hydroxylation is 1. The number of piperazine rings is 1. The van der Waals surface area contributed by atoms with Crippen LogP contribution >= 0.6 is 22.7 Å². The largest absolute Gasteiger partial charge is 0.416 e. The van der Waals surface area contributed by atoms with Gasteiger partial charge < -0.3 is 4.90 Å². The molecule has 0 aliphatic carbocycles. The van der Waals surface area contributed by atoms with E-state index < -0.39 is 11.7 Å². The van der Waals surface area contributed by atoms with E-state index in [-0.39, 0.29) is 5.91 Å². The van der Waals surface area contributed by atoms with Crippen LogP contribution in [-0.4, -0.2) is 46.9 Å². The molecule has 9 heteroatoms. The lowest BCUT2D eigenvalue weighted by Crippen LogP contribution is -2.48. The summed E-state index contributed by atoms with van der Waals surface area (Å²) in [6.45, 7) is 4.62. The van der Waals surface area contributed by atoms with E-state index in [9.17, 15) is 18.0 Å². The average molecular weight is 452 g/mol. The van der Waals surface area contributed by atoms with Gasteiger partial charge in [-0.1, -0.05) is 18.2 Å². The van der Waals surface area contributed by atoms with Gasteiger partial charge in [0.25, 0.3) is 5.91 Å². The lowest BCUT2D eigenvalue weighted by Gasteiger charge is -2.34. The number of carbonyl (C=O) groups is 1. The highest BCUT2D eigenvalue weighted by Crippen LogP contribution is 2.31. The van der Waals surface area contributed by atoms with E-state index in [2.05, 4.69) is 9.88 Å². The van der Waals surface area contributed by atoms with Gasteiger partial charge in [0.2, 0.25) is 0 Å². The molecule has 158 valence electrons. The van der Waals surface area contributed by atoms with Gasteiger partial charge in [-0.25, -0.2) is 4.98 Å². The van der Waals surface area contributed by atoms with Crippen LogP contribution in [0.15, 0.2) is 41.1 Å². The second kappa shape index (κ2) is 8.49. The number of thiophene rings is 1. The van der Waals surface area contributed by atoms with Crippen LogP contribution in [-0.2, 0) is 12.7 Å². The Bertz CT molecular complexity index is 1020. The van der Waals surface area contributed by atoms with Gasteiger partial charge in [0.05, 0.1) is 11.3 Å².